The van der Waals surface area contributed by atoms with Gasteiger partial charge in [-0.05, 0) is 49.5 Å². The number of aromatic nitrogens is 7. The van der Waals surface area contributed by atoms with Crippen LogP contribution in [0.5, 0.6) is 0 Å². The molecule has 0 unspecified atom stereocenters. The van der Waals surface area contributed by atoms with Crippen molar-refractivity contribution in [2.45, 2.75) is 31.3 Å². The normalized spacial score (nSPS) is 16.9. The Morgan fingerprint density at radius 1 is 1.18 bits per heavy atom. The summed E-state index contributed by atoms with van der Waals surface area (Å²) in [4.78, 5) is 23.2. The molecule has 2 fully saturated rings. The summed E-state index contributed by atoms with van der Waals surface area (Å²) >= 11 is 6.69. The van der Waals surface area contributed by atoms with Gasteiger partial charge < -0.3 is 15.2 Å². The molecule has 2 aliphatic rings. The molecule has 5 aromatic rings. The summed E-state index contributed by atoms with van der Waals surface area (Å²) in [6.45, 7) is 4.75. The Kier molecular flexibility index (Phi) is 5.64. The molecule has 7 rings (SSSR count). The van der Waals surface area contributed by atoms with Crippen molar-refractivity contribution in [2.75, 3.05) is 18.8 Å². The molecule has 10 nitrogen and oxygen atoms in total. The Hall–Kier alpha value is -4.62. The minimum absolute atomic E-state index is 0.0717. The van der Waals surface area contributed by atoms with Gasteiger partial charge in [0, 0.05) is 49.7 Å². The zero-order chi connectivity index (χ0) is 27.5. The number of likely N-dealkylation sites (tertiary alicyclic amines) is 1. The van der Waals surface area contributed by atoms with Crippen molar-refractivity contribution in [1.29, 1.82) is 0 Å². The number of carbonyl (C=O) groups is 1. The number of imidazole rings is 1. The lowest BCUT2D eigenvalue weighted by atomic mass is 10.1. The summed E-state index contributed by atoms with van der Waals surface area (Å²) in [5, 5.41) is 10.8. The first-order valence-electron chi connectivity index (χ1n) is 13.2. The Morgan fingerprint density at radius 3 is 2.77 bits per heavy atom. The van der Waals surface area contributed by atoms with Crippen molar-refractivity contribution in [1.82, 2.24) is 39.0 Å². The summed E-state index contributed by atoms with van der Waals surface area (Å²) in [7, 11) is 1.86. The van der Waals surface area contributed by atoms with Crippen molar-refractivity contribution < 1.29 is 4.79 Å². The van der Waals surface area contributed by atoms with Gasteiger partial charge >= 0.3 is 0 Å². The minimum atomic E-state index is -0.0979. The second-order valence-electron chi connectivity index (χ2n) is 10.3. The van der Waals surface area contributed by atoms with E-state index in [1.807, 2.05) is 42.5 Å². The first-order chi connectivity index (χ1) is 19.4. The number of nitrogens with zero attached hydrogens (tertiary/aromatic N) is 8. The van der Waals surface area contributed by atoms with E-state index in [1.54, 1.807) is 15.8 Å². The lowest BCUT2D eigenvalue weighted by Gasteiger charge is -2.16. The highest BCUT2D eigenvalue weighted by Crippen LogP contribution is 2.38. The van der Waals surface area contributed by atoms with E-state index >= 15 is 0 Å². The third kappa shape index (κ3) is 4.01. The van der Waals surface area contributed by atoms with Crippen LogP contribution in [0.15, 0.2) is 49.6 Å². The number of amides is 1. The van der Waals surface area contributed by atoms with Crippen LogP contribution < -0.4 is 5.73 Å². The average Bonchev–Trinajstić information content (AvgIpc) is 3.30. The molecule has 2 N–H and O–H groups in total. The summed E-state index contributed by atoms with van der Waals surface area (Å²) in [5.41, 5.74) is 11.8. The number of anilines is 1. The largest absolute Gasteiger partial charge is 0.383 e. The number of rotatable bonds is 4. The predicted octanol–water partition coefficient (Wildman–Crippen LogP) is 4.11. The Bertz CT molecular complexity index is 1900. The number of aryl methyl sites for hydroxylation is 1. The van der Waals surface area contributed by atoms with Gasteiger partial charge in [0.2, 0.25) is 5.91 Å². The van der Waals surface area contributed by atoms with Gasteiger partial charge in [-0.15, -0.1) is 0 Å². The molecule has 4 aromatic heterocycles. The number of benzene rings is 1. The summed E-state index contributed by atoms with van der Waals surface area (Å²) < 4.78 is 5.85. The molecule has 1 amide bonds. The second-order valence-corrected chi connectivity index (χ2v) is 10.7. The fourth-order valence-electron chi connectivity index (χ4n) is 5.48. The number of nitrogens with two attached hydrogens (primary N) is 1. The van der Waals surface area contributed by atoms with Gasteiger partial charge in [-0.2, -0.15) is 10.2 Å². The van der Waals surface area contributed by atoms with Gasteiger partial charge in [0.05, 0.1) is 45.0 Å². The van der Waals surface area contributed by atoms with E-state index in [1.165, 1.54) is 6.08 Å². The lowest BCUT2D eigenvalue weighted by Crippen LogP contribution is -2.27. The van der Waals surface area contributed by atoms with Gasteiger partial charge in [-0.3, -0.25) is 14.2 Å². The number of fused-ring (bicyclic) bond motifs is 2. The number of nitrogen functional groups attached to an aromatic ring is 1. The molecule has 0 radical (unpaired) electrons. The zero-order valence-electron chi connectivity index (χ0n) is 21.9. The van der Waals surface area contributed by atoms with Gasteiger partial charge in [0.25, 0.3) is 0 Å². The van der Waals surface area contributed by atoms with Gasteiger partial charge in [0.15, 0.2) is 0 Å². The fraction of sp³-hybridized carbons (Fsp3) is 0.276. The molecule has 1 saturated heterocycles. The van der Waals surface area contributed by atoms with Gasteiger partial charge in [-0.25, -0.2) is 9.97 Å². The fourth-order valence-corrected chi connectivity index (χ4v) is 5.68. The van der Waals surface area contributed by atoms with E-state index in [0.29, 0.717) is 46.6 Å². The van der Waals surface area contributed by atoms with Crippen LogP contribution in [0.1, 0.15) is 42.6 Å². The van der Waals surface area contributed by atoms with E-state index in [0.717, 1.165) is 47.1 Å². The molecule has 0 spiro atoms. The maximum absolute atomic E-state index is 12.3. The van der Waals surface area contributed by atoms with E-state index in [-0.39, 0.29) is 11.9 Å². The van der Waals surface area contributed by atoms with Crippen LogP contribution in [-0.4, -0.2) is 58.0 Å². The van der Waals surface area contributed by atoms with Crippen molar-refractivity contribution in [3.05, 3.63) is 65.9 Å². The summed E-state index contributed by atoms with van der Waals surface area (Å²) in [6.07, 6.45) is 9.88. The van der Waals surface area contributed by atoms with E-state index in [9.17, 15) is 4.79 Å². The highest BCUT2D eigenvalue weighted by atomic mass is 35.5. The third-order valence-corrected chi connectivity index (χ3v) is 7.97. The number of hydrogen-bond donors (Lipinski definition) is 1. The molecule has 5 heterocycles. The lowest BCUT2D eigenvalue weighted by molar-refractivity contribution is -0.125. The highest BCUT2D eigenvalue weighted by molar-refractivity contribution is 6.32. The van der Waals surface area contributed by atoms with E-state index < -0.39 is 0 Å². The molecule has 0 bridgehead atoms. The highest BCUT2D eigenvalue weighted by Gasteiger charge is 2.31. The Balaban J connectivity index is 1.37. The van der Waals surface area contributed by atoms with Gasteiger partial charge in [0.1, 0.15) is 11.5 Å². The van der Waals surface area contributed by atoms with Crippen LogP contribution in [0.4, 0.5) is 5.82 Å². The van der Waals surface area contributed by atoms with Crippen molar-refractivity contribution >= 4 is 45.3 Å². The molecule has 1 aliphatic carbocycles. The van der Waals surface area contributed by atoms with Crippen LogP contribution in [-0.2, 0) is 11.8 Å². The molecule has 40 heavy (non-hydrogen) atoms. The maximum Gasteiger partial charge on any atom is 0.246 e. The Labute approximate surface area is 235 Å². The van der Waals surface area contributed by atoms with Crippen molar-refractivity contribution in [3.8, 4) is 23.1 Å². The van der Waals surface area contributed by atoms with E-state index in [4.69, 9.17) is 22.4 Å². The number of hydrogen-bond acceptors (Lipinski definition) is 6. The van der Waals surface area contributed by atoms with Gasteiger partial charge in [-0.1, -0.05) is 24.1 Å². The molecular formula is C29H26ClN9O. The molecule has 1 aromatic carbocycles. The first kappa shape index (κ1) is 24.4. The molecule has 1 aliphatic heterocycles. The van der Waals surface area contributed by atoms with Crippen molar-refractivity contribution in [2.24, 2.45) is 7.05 Å². The number of halogens is 1. The quantitative estimate of drug-likeness (QED) is 0.266. The molecule has 1 saturated carbocycles. The van der Waals surface area contributed by atoms with E-state index in [2.05, 4.69) is 38.1 Å². The van der Waals surface area contributed by atoms with Crippen molar-refractivity contribution in [3.63, 3.8) is 0 Å². The molecule has 1 atom stereocenters. The summed E-state index contributed by atoms with van der Waals surface area (Å²) in [5.74, 6) is 6.66. The Morgan fingerprint density at radius 2 is 2.02 bits per heavy atom. The third-order valence-electron chi connectivity index (χ3n) is 7.66. The number of pyridine rings is 1. The molecular weight excluding hydrogens is 526 g/mol. The van der Waals surface area contributed by atoms with Crippen LogP contribution in [0.25, 0.3) is 33.2 Å². The number of carbonyl (C=O) groups excluding carboxylic acids is 1. The minimum Gasteiger partial charge on any atom is -0.383 e. The molecule has 11 heteroatoms. The summed E-state index contributed by atoms with van der Waals surface area (Å²) in [6, 6.07) is 6.21. The topological polar surface area (TPSA) is 113 Å². The standard InChI is InChI=1S/C29H26ClN9O/c1-3-26(40)37-11-8-19(15-37)39-28-20(22-9-10-36(2)34-22)14-32-29(31)27(28)23(35-39)7-4-17-12-24-25(13-21(17)30)38(16-33-24)18-5-6-18/h3,9-10,12-14,16,18-19H,1,5-6,8,11,15H2,2H3,(H2,31,32)/t19-/m0/s1. The molecule has 200 valence electrons. The van der Waals surface area contributed by atoms with Crippen LogP contribution in [0.2, 0.25) is 5.02 Å². The van der Waals surface area contributed by atoms with Crippen LogP contribution in [0, 0.1) is 11.8 Å². The SMILES string of the molecule is C=CC(=O)N1CC[C@H](n2nc(C#Cc3cc4ncn(C5CC5)c4cc3Cl)c3c(N)ncc(-c4ccn(C)n4)c32)C1. The van der Waals surface area contributed by atoms with Crippen LogP contribution >= 0.6 is 11.6 Å². The second kappa shape index (κ2) is 9.24. The van der Waals surface area contributed by atoms with Crippen LogP contribution in [0.3, 0.4) is 0 Å². The first-order valence-corrected chi connectivity index (χ1v) is 13.5. The predicted molar refractivity (Wildman–Crippen MR) is 154 cm³/mol. The monoisotopic (exact) mass is 551 g/mol. The maximum atomic E-state index is 12.3. The zero-order valence-corrected chi connectivity index (χ0v) is 22.6. The smallest absolute Gasteiger partial charge is 0.246 e. The average molecular weight is 552 g/mol.